The van der Waals surface area contributed by atoms with Gasteiger partial charge in [0, 0.05) is 19.3 Å². The van der Waals surface area contributed by atoms with Crippen LogP contribution in [0.1, 0.15) is 335 Å². The van der Waals surface area contributed by atoms with Crippen LogP contribution >= 0.6 is 0 Å². The zero-order valence-electron chi connectivity index (χ0n) is 49.4. The molecule has 1 atom stereocenters. The summed E-state index contributed by atoms with van der Waals surface area (Å²) in [5.74, 6) is -0.873. The summed E-state index contributed by atoms with van der Waals surface area (Å²) in [6, 6.07) is 0. The number of carbonyl (C=O) groups excluding carboxylic acids is 3. The van der Waals surface area contributed by atoms with Gasteiger partial charge in [0.1, 0.15) is 13.2 Å². The van der Waals surface area contributed by atoms with Crippen LogP contribution in [0.15, 0.2) is 60.8 Å². The lowest BCUT2D eigenvalue weighted by Gasteiger charge is -2.18. The molecule has 1 unspecified atom stereocenters. The number of ether oxygens (including phenoxy) is 3. The van der Waals surface area contributed by atoms with Gasteiger partial charge in [-0.1, -0.05) is 293 Å². The molecule has 0 aromatic rings. The van der Waals surface area contributed by atoms with E-state index >= 15 is 0 Å². The minimum absolute atomic E-state index is 0.0777. The summed E-state index contributed by atoms with van der Waals surface area (Å²) < 4.78 is 16.9. The average molecular weight is 1040 g/mol. The van der Waals surface area contributed by atoms with E-state index in [1.807, 2.05) is 0 Å². The first-order valence-corrected chi connectivity index (χ1v) is 32.3. The van der Waals surface area contributed by atoms with Crippen molar-refractivity contribution in [3.05, 3.63) is 60.8 Å². The molecule has 0 aromatic carbocycles. The molecule has 6 nitrogen and oxygen atoms in total. The topological polar surface area (TPSA) is 78.9 Å². The summed E-state index contributed by atoms with van der Waals surface area (Å²) in [6.45, 7) is 6.56. The van der Waals surface area contributed by atoms with Crippen molar-refractivity contribution in [3.63, 3.8) is 0 Å². The van der Waals surface area contributed by atoms with Crippen molar-refractivity contribution < 1.29 is 28.6 Å². The first kappa shape index (κ1) is 71.1. The van der Waals surface area contributed by atoms with Gasteiger partial charge < -0.3 is 14.2 Å². The van der Waals surface area contributed by atoms with E-state index in [0.29, 0.717) is 19.3 Å². The summed E-state index contributed by atoms with van der Waals surface area (Å²) in [6.07, 6.45) is 79.3. The molecule has 0 N–H and O–H groups in total. The summed E-state index contributed by atoms with van der Waals surface area (Å²) in [5.41, 5.74) is 0. The van der Waals surface area contributed by atoms with E-state index in [9.17, 15) is 14.4 Å². The van der Waals surface area contributed by atoms with Crippen LogP contribution in [0.4, 0.5) is 0 Å². The molecule has 0 aromatic heterocycles. The number of carbonyl (C=O) groups is 3. The maximum Gasteiger partial charge on any atom is 0.306 e. The fraction of sp³-hybridized carbons (Fsp3) is 0.809. The van der Waals surface area contributed by atoms with E-state index in [1.54, 1.807) is 0 Å². The van der Waals surface area contributed by atoms with Gasteiger partial charge in [0.25, 0.3) is 0 Å². The normalized spacial score (nSPS) is 12.4. The Hall–Kier alpha value is -2.89. The maximum atomic E-state index is 12.9. The minimum Gasteiger partial charge on any atom is -0.462 e. The van der Waals surface area contributed by atoms with Gasteiger partial charge in [-0.25, -0.2) is 0 Å². The highest BCUT2D eigenvalue weighted by molar-refractivity contribution is 5.71. The van der Waals surface area contributed by atoms with Gasteiger partial charge in [-0.3, -0.25) is 14.4 Å². The first-order valence-electron chi connectivity index (χ1n) is 32.3. The van der Waals surface area contributed by atoms with E-state index in [-0.39, 0.29) is 31.1 Å². The second-order valence-corrected chi connectivity index (χ2v) is 21.6. The Morgan fingerprint density at radius 3 is 0.838 bits per heavy atom. The van der Waals surface area contributed by atoms with Crippen molar-refractivity contribution in [1.82, 2.24) is 0 Å². The van der Waals surface area contributed by atoms with Gasteiger partial charge in [-0.2, -0.15) is 0 Å². The van der Waals surface area contributed by atoms with Crippen LogP contribution in [0.5, 0.6) is 0 Å². The Morgan fingerprint density at radius 2 is 0.527 bits per heavy atom. The van der Waals surface area contributed by atoms with Gasteiger partial charge in [-0.05, 0) is 83.5 Å². The Morgan fingerprint density at radius 1 is 0.284 bits per heavy atom. The van der Waals surface area contributed by atoms with Crippen LogP contribution in [0.25, 0.3) is 0 Å². The Balaban J connectivity index is 4.36. The molecule has 0 saturated carbocycles. The SMILES string of the molecule is CC/C=C\C/C=C\C/C=C\C/C=C\CCCCCCCCCCC(=O)OCC(COC(=O)CCCCCCC/C=C\CCCCCCCCC)OC(=O)CCCCCCCCCCCCCCCCCCCCC. The number of unbranched alkanes of at least 4 members (excludes halogenated alkanes) is 38. The average Bonchev–Trinajstić information content (AvgIpc) is 3.40. The minimum atomic E-state index is -0.780. The molecular formula is C68H122O6. The zero-order chi connectivity index (χ0) is 53.6. The Labute approximate surface area is 460 Å². The standard InChI is InChI=1S/C68H122O6/c1-4-7-10-13-16-19-22-25-28-31-33-34-36-37-40-43-46-49-52-55-58-61-67(70)73-64-65(63-72-66(69)60-57-54-51-48-45-42-39-30-27-24-21-18-15-12-9-6-3)74-68(71)62-59-56-53-50-47-44-41-38-35-32-29-26-23-20-17-14-11-8-5-2/h7,10,16,19,25,28,30,33-34,39,65H,4-6,8-9,11-15,17-18,20-24,26-27,29,31-32,35-38,40-64H2,1-3H3/b10-7-,19-16-,28-25-,34-33-,39-30-. The first-order chi connectivity index (χ1) is 36.5. The number of rotatable bonds is 59. The fourth-order valence-electron chi connectivity index (χ4n) is 9.43. The van der Waals surface area contributed by atoms with E-state index in [2.05, 4.69) is 81.5 Å². The van der Waals surface area contributed by atoms with Crippen molar-refractivity contribution in [2.75, 3.05) is 13.2 Å². The largest absolute Gasteiger partial charge is 0.462 e. The van der Waals surface area contributed by atoms with Crippen molar-refractivity contribution in [2.45, 2.75) is 341 Å². The van der Waals surface area contributed by atoms with Gasteiger partial charge in [0.2, 0.25) is 0 Å². The van der Waals surface area contributed by atoms with Crippen LogP contribution < -0.4 is 0 Å². The lowest BCUT2D eigenvalue weighted by atomic mass is 10.0. The monoisotopic (exact) mass is 1030 g/mol. The Kier molecular flexibility index (Phi) is 60.2. The molecule has 0 amide bonds. The molecule has 0 aliphatic heterocycles. The predicted octanol–water partition coefficient (Wildman–Crippen LogP) is 21.9. The van der Waals surface area contributed by atoms with Crippen LogP contribution in [0, 0.1) is 0 Å². The quantitative estimate of drug-likeness (QED) is 0.0261. The number of hydrogen-bond acceptors (Lipinski definition) is 6. The molecule has 6 heteroatoms. The van der Waals surface area contributed by atoms with Crippen molar-refractivity contribution in [3.8, 4) is 0 Å². The molecule has 74 heavy (non-hydrogen) atoms. The third-order valence-electron chi connectivity index (χ3n) is 14.3. The molecule has 0 saturated heterocycles. The fourth-order valence-corrected chi connectivity index (χ4v) is 9.43. The molecule has 0 aliphatic rings. The molecule has 0 rings (SSSR count). The van der Waals surface area contributed by atoms with Crippen LogP contribution in [-0.4, -0.2) is 37.2 Å². The molecule has 0 aliphatic carbocycles. The highest BCUT2D eigenvalue weighted by Gasteiger charge is 2.19. The van der Waals surface area contributed by atoms with E-state index < -0.39 is 6.10 Å². The van der Waals surface area contributed by atoms with Gasteiger partial charge >= 0.3 is 17.9 Å². The third-order valence-corrected chi connectivity index (χ3v) is 14.3. The molecule has 430 valence electrons. The zero-order valence-corrected chi connectivity index (χ0v) is 49.4. The second-order valence-electron chi connectivity index (χ2n) is 21.6. The highest BCUT2D eigenvalue weighted by atomic mass is 16.6. The molecular weight excluding hydrogens is 913 g/mol. The van der Waals surface area contributed by atoms with Crippen molar-refractivity contribution >= 4 is 17.9 Å². The lowest BCUT2D eigenvalue weighted by molar-refractivity contribution is -0.167. The lowest BCUT2D eigenvalue weighted by Crippen LogP contribution is -2.30. The Bertz CT molecular complexity index is 1330. The summed E-state index contributed by atoms with van der Waals surface area (Å²) in [4.78, 5) is 38.3. The van der Waals surface area contributed by atoms with Crippen molar-refractivity contribution in [1.29, 1.82) is 0 Å². The van der Waals surface area contributed by atoms with Gasteiger partial charge in [-0.15, -0.1) is 0 Å². The summed E-state index contributed by atoms with van der Waals surface area (Å²) in [7, 11) is 0. The third kappa shape index (κ3) is 60.0. The number of esters is 3. The number of allylic oxidation sites excluding steroid dienone is 10. The second kappa shape index (κ2) is 62.6. The molecule has 0 heterocycles. The predicted molar refractivity (Wildman–Crippen MR) is 321 cm³/mol. The molecule has 0 spiro atoms. The van der Waals surface area contributed by atoms with Gasteiger partial charge in [0.15, 0.2) is 6.10 Å². The summed E-state index contributed by atoms with van der Waals surface area (Å²) >= 11 is 0. The van der Waals surface area contributed by atoms with Gasteiger partial charge in [0.05, 0.1) is 0 Å². The van der Waals surface area contributed by atoms with Crippen molar-refractivity contribution in [2.24, 2.45) is 0 Å². The molecule has 0 radical (unpaired) electrons. The van der Waals surface area contributed by atoms with Crippen LogP contribution in [0.2, 0.25) is 0 Å². The molecule has 0 bridgehead atoms. The maximum absolute atomic E-state index is 12.9. The van der Waals surface area contributed by atoms with E-state index in [4.69, 9.17) is 14.2 Å². The van der Waals surface area contributed by atoms with E-state index in [0.717, 1.165) is 96.3 Å². The van der Waals surface area contributed by atoms with E-state index in [1.165, 1.54) is 199 Å². The smallest absolute Gasteiger partial charge is 0.306 e. The van der Waals surface area contributed by atoms with Crippen LogP contribution in [-0.2, 0) is 28.6 Å². The summed E-state index contributed by atoms with van der Waals surface area (Å²) in [5, 5.41) is 0. The molecule has 0 fully saturated rings. The highest BCUT2D eigenvalue weighted by Crippen LogP contribution is 2.17. The number of hydrogen-bond donors (Lipinski definition) is 0. The van der Waals surface area contributed by atoms with Crippen LogP contribution in [0.3, 0.4) is 0 Å².